The molecule has 0 saturated carbocycles. The smallest absolute Gasteiger partial charge is 0.363 e. The van der Waals surface area contributed by atoms with Crippen LogP contribution < -0.4 is 10.5 Å². The minimum Gasteiger partial charge on any atom is -0.422 e. The summed E-state index contributed by atoms with van der Waals surface area (Å²) in [5, 5.41) is 2.44. The van der Waals surface area contributed by atoms with E-state index in [9.17, 15) is 9.59 Å². The highest BCUT2D eigenvalue weighted by Gasteiger charge is 2.19. The van der Waals surface area contributed by atoms with Crippen molar-refractivity contribution in [1.29, 1.82) is 0 Å². The summed E-state index contributed by atoms with van der Waals surface area (Å²) in [6, 6.07) is 21.6. The molecule has 136 valence electrons. The van der Waals surface area contributed by atoms with Gasteiger partial charge in [0.1, 0.15) is 5.58 Å². The first-order chi connectivity index (χ1) is 13.6. The van der Waals surface area contributed by atoms with Crippen LogP contribution in [0.15, 0.2) is 82.0 Å². The van der Waals surface area contributed by atoms with Crippen LogP contribution >= 0.6 is 0 Å². The van der Waals surface area contributed by atoms with Gasteiger partial charge in [-0.25, -0.2) is 9.59 Å². The normalized spacial score (nSPS) is 11.3. The summed E-state index contributed by atoms with van der Waals surface area (Å²) in [5.74, 6) is -0.464. The summed E-state index contributed by atoms with van der Waals surface area (Å²) in [5.41, 5.74) is 2.76. The molecule has 0 atom stereocenters. The van der Waals surface area contributed by atoms with E-state index in [2.05, 4.69) is 0 Å². The predicted molar refractivity (Wildman–Crippen MR) is 108 cm³/mol. The van der Waals surface area contributed by atoms with Crippen molar-refractivity contribution in [3.05, 3.63) is 94.3 Å². The fraction of sp³-hybridized carbons (Fsp3) is 0.0435. The maximum atomic E-state index is 12.7. The highest BCUT2D eigenvalue weighted by molar-refractivity contribution is 6.19. The number of hydrogen-bond acceptors (Lipinski definition) is 4. The molecule has 3 aromatic carbocycles. The fourth-order valence-corrected chi connectivity index (χ4v) is 3.60. The van der Waals surface area contributed by atoms with Gasteiger partial charge in [-0.2, -0.15) is 4.73 Å². The zero-order valence-electron chi connectivity index (χ0n) is 15.0. The van der Waals surface area contributed by atoms with Crippen molar-refractivity contribution >= 4 is 38.7 Å². The van der Waals surface area contributed by atoms with Crippen LogP contribution in [0.3, 0.4) is 0 Å². The molecule has 2 heterocycles. The van der Waals surface area contributed by atoms with Crippen LogP contribution in [0.4, 0.5) is 0 Å². The topological polar surface area (TPSA) is 61.4 Å². The molecule has 0 saturated heterocycles. The molecule has 28 heavy (non-hydrogen) atoms. The Morgan fingerprint density at radius 2 is 1.64 bits per heavy atom. The van der Waals surface area contributed by atoms with Gasteiger partial charge in [-0.3, -0.25) is 0 Å². The van der Waals surface area contributed by atoms with E-state index in [-0.39, 0.29) is 0 Å². The van der Waals surface area contributed by atoms with Crippen LogP contribution in [-0.2, 0) is 0 Å². The van der Waals surface area contributed by atoms with Crippen molar-refractivity contribution in [3.8, 4) is 0 Å². The number of nitrogens with zero attached hydrogens (tertiary/aromatic N) is 1. The van der Waals surface area contributed by atoms with Gasteiger partial charge in [0.05, 0.1) is 22.0 Å². The number of para-hydroxylation sites is 1. The molecule has 2 aromatic heterocycles. The van der Waals surface area contributed by atoms with Gasteiger partial charge in [0.2, 0.25) is 0 Å². The van der Waals surface area contributed by atoms with Gasteiger partial charge in [-0.05, 0) is 42.8 Å². The molecular formula is C23H15NO4. The Morgan fingerprint density at radius 1 is 0.893 bits per heavy atom. The molecule has 0 spiro atoms. The molecule has 0 aliphatic carbocycles. The third kappa shape index (κ3) is 2.41. The van der Waals surface area contributed by atoms with Gasteiger partial charge in [0.25, 0.3) is 0 Å². The van der Waals surface area contributed by atoms with Gasteiger partial charge in [-0.15, -0.1) is 0 Å². The zero-order valence-corrected chi connectivity index (χ0v) is 15.0. The Morgan fingerprint density at radius 3 is 2.46 bits per heavy atom. The largest absolute Gasteiger partial charge is 0.422 e. The van der Waals surface area contributed by atoms with E-state index >= 15 is 0 Å². The van der Waals surface area contributed by atoms with Crippen molar-refractivity contribution in [2.45, 2.75) is 6.92 Å². The number of aryl methyl sites for hydroxylation is 1. The van der Waals surface area contributed by atoms with Gasteiger partial charge in [0.15, 0.2) is 0 Å². The number of aromatic nitrogens is 1. The fourth-order valence-electron chi connectivity index (χ4n) is 3.60. The van der Waals surface area contributed by atoms with Gasteiger partial charge in [-0.1, -0.05) is 36.4 Å². The van der Waals surface area contributed by atoms with Crippen molar-refractivity contribution in [3.63, 3.8) is 0 Å². The Hall–Kier alpha value is -3.86. The molecule has 0 unspecified atom stereocenters. The SMILES string of the molecule is Cc1cc(=O)oc2c1ccc1c2c2ccccc2n1OC(=O)c1ccccc1. The van der Waals surface area contributed by atoms with Crippen LogP contribution in [-0.4, -0.2) is 10.7 Å². The number of hydrogen-bond donors (Lipinski definition) is 0. The summed E-state index contributed by atoms with van der Waals surface area (Å²) >= 11 is 0. The van der Waals surface area contributed by atoms with Crippen molar-refractivity contribution in [1.82, 2.24) is 4.73 Å². The number of carbonyl (C=O) groups excluding carboxylic acids is 1. The summed E-state index contributed by atoms with van der Waals surface area (Å²) < 4.78 is 7.06. The van der Waals surface area contributed by atoms with E-state index < -0.39 is 11.6 Å². The third-order valence-electron chi connectivity index (χ3n) is 4.89. The maximum absolute atomic E-state index is 12.7. The summed E-state index contributed by atoms with van der Waals surface area (Å²) in [4.78, 5) is 30.4. The molecule has 0 N–H and O–H groups in total. The van der Waals surface area contributed by atoms with Crippen LogP contribution in [0, 0.1) is 6.92 Å². The predicted octanol–water partition coefficient (Wildman–Crippen LogP) is 4.48. The Kier molecular flexibility index (Phi) is 3.55. The van der Waals surface area contributed by atoms with Crippen LogP contribution in [0.25, 0.3) is 32.8 Å². The monoisotopic (exact) mass is 369 g/mol. The number of rotatable bonds is 2. The first-order valence-electron chi connectivity index (χ1n) is 8.88. The molecule has 5 rings (SSSR count). The first kappa shape index (κ1) is 16.3. The zero-order chi connectivity index (χ0) is 19.3. The lowest BCUT2D eigenvalue weighted by molar-refractivity contribution is 0.0501. The Bertz CT molecular complexity index is 1430. The van der Waals surface area contributed by atoms with E-state index in [0.29, 0.717) is 16.7 Å². The van der Waals surface area contributed by atoms with Crippen LogP contribution in [0.5, 0.6) is 0 Å². The van der Waals surface area contributed by atoms with E-state index in [4.69, 9.17) is 9.25 Å². The van der Waals surface area contributed by atoms with E-state index in [1.165, 1.54) is 10.8 Å². The second kappa shape index (κ2) is 6.09. The molecule has 5 aromatic rings. The summed E-state index contributed by atoms with van der Waals surface area (Å²) in [6.07, 6.45) is 0. The number of fused-ring (bicyclic) bond motifs is 5. The lowest BCUT2D eigenvalue weighted by atomic mass is 10.1. The standard InChI is InChI=1S/C23H15NO4/c1-14-13-20(25)27-22-16(14)11-12-19-21(22)17-9-5-6-10-18(17)24(19)28-23(26)15-7-3-2-4-8-15/h2-13H,1H3. The van der Waals surface area contributed by atoms with E-state index in [1.54, 1.807) is 24.3 Å². The summed E-state index contributed by atoms with van der Waals surface area (Å²) in [7, 11) is 0. The van der Waals surface area contributed by atoms with Gasteiger partial charge >= 0.3 is 11.6 Å². The van der Waals surface area contributed by atoms with Crippen LogP contribution in [0.2, 0.25) is 0 Å². The quantitative estimate of drug-likeness (QED) is 0.431. The van der Waals surface area contributed by atoms with E-state index in [0.717, 1.165) is 27.2 Å². The lowest BCUT2D eigenvalue weighted by Crippen LogP contribution is -2.19. The Balaban J connectivity index is 1.83. The third-order valence-corrected chi connectivity index (χ3v) is 4.89. The molecule has 0 fully saturated rings. The number of carbonyl (C=O) groups is 1. The van der Waals surface area contributed by atoms with E-state index in [1.807, 2.05) is 49.4 Å². The molecule has 5 nitrogen and oxygen atoms in total. The molecule has 0 aliphatic rings. The molecule has 0 bridgehead atoms. The van der Waals surface area contributed by atoms with Gasteiger partial charge < -0.3 is 9.25 Å². The lowest BCUT2D eigenvalue weighted by Gasteiger charge is -2.08. The summed E-state index contributed by atoms with van der Waals surface area (Å²) in [6.45, 7) is 1.87. The number of benzene rings is 3. The molecule has 0 radical (unpaired) electrons. The van der Waals surface area contributed by atoms with Crippen LogP contribution in [0.1, 0.15) is 15.9 Å². The van der Waals surface area contributed by atoms with Gasteiger partial charge in [0, 0.05) is 16.8 Å². The average molecular weight is 369 g/mol. The van der Waals surface area contributed by atoms with Crippen molar-refractivity contribution in [2.24, 2.45) is 0 Å². The first-order valence-corrected chi connectivity index (χ1v) is 8.88. The molecule has 0 amide bonds. The Labute approximate surface area is 159 Å². The second-order valence-corrected chi connectivity index (χ2v) is 6.64. The van der Waals surface area contributed by atoms with Crippen molar-refractivity contribution < 1.29 is 14.0 Å². The molecule has 0 aliphatic heterocycles. The minimum atomic E-state index is -0.464. The molecule has 5 heteroatoms. The highest BCUT2D eigenvalue weighted by atomic mass is 16.7. The second-order valence-electron chi connectivity index (χ2n) is 6.64. The maximum Gasteiger partial charge on any atom is 0.363 e. The molecular weight excluding hydrogens is 354 g/mol. The highest BCUT2D eigenvalue weighted by Crippen LogP contribution is 2.34. The minimum absolute atomic E-state index is 0.407. The van der Waals surface area contributed by atoms with Crippen molar-refractivity contribution in [2.75, 3.05) is 0 Å². The average Bonchev–Trinajstić information content (AvgIpc) is 3.03.